The zero-order chi connectivity index (χ0) is 9.52. The van der Waals surface area contributed by atoms with Crippen LogP contribution < -0.4 is 5.32 Å². The van der Waals surface area contributed by atoms with Crippen molar-refractivity contribution in [2.45, 2.75) is 6.42 Å². The highest BCUT2D eigenvalue weighted by molar-refractivity contribution is 6.17. The van der Waals surface area contributed by atoms with Gasteiger partial charge in [-0.05, 0) is 30.7 Å². The number of benzene rings is 1. The van der Waals surface area contributed by atoms with Crippen molar-refractivity contribution in [2.75, 3.05) is 17.7 Å². The van der Waals surface area contributed by atoms with Crippen LogP contribution in [0.2, 0.25) is 0 Å². The molecule has 0 radical (unpaired) electrons. The number of anilines is 1. The smallest absolute Gasteiger partial charge is 0.0991 e. The highest BCUT2D eigenvalue weighted by Gasteiger charge is 1.91. The number of rotatable bonds is 4. The Labute approximate surface area is 83.1 Å². The lowest BCUT2D eigenvalue weighted by Gasteiger charge is -2.03. The van der Waals surface area contributed by atoms with E-state index in [0.717, 1.165) is 18.7 Å². The van der Waals surface area contributed by atoms with Gasteiger partial charge in [-0.15, -0.1) is 11.6 Å². The van der Waals surface area contributed by atoms with Crippen LogP contribution in [0.15, 0.2) is 24.3 Å². The molecule has 68 valence electrons. The summed E-state index contributed by atoms with van der Waals surface area (Å²) < 4.78 is 0. The SMILES string of the molecule is N#Cc1ccc(NCCCCl)cc1. The lowest BCUT2D eigenvalue weighted by molar-refractivity contribution is 0.987. The average molecular weight is 195 g/mol. The maximum Gasteiger partial charge on any atom is 0.0991 e. The normalized spacial score (nSPS) is 9.23. The number of halogens is 1. The number of nitriles is 1. The first-order chi connectivity index (χ1) is 6.36. The number of nitrogens with zero attached hydrogens (tertiary/aromatic N) is 1. The van der Waals surface area contributed by atoms with E-state index in [1.165, 1.54) is 0 Å². The molecule has 0 aromatic heterocycles. The van der Waals surface area contributed by atoms with E-state index >= 15 is 0 Å². The van der Waals surface area contributed by atoms with Gasteiger partial charge in [0.15, 0.2) is 0 Å². The van der Waals surface area contributed by atoms with Crippen molar-refractivity contribution in [3.63, 3.8) is 0 Å². The van der Waals surface area contributed by atoms with Crippen molar-refractivity contribution in [2.24, 2.45) is 0 Å². The van der Waals surface area contributed by atoms with Crippen molar-refractivity contribution in [1.29, 1.82) is 5.26 Å². The van der Waals surface area contributed by atoms with Gasteiger partial charge in [0.05, 0.1) is 11.6 Å². The molecule has 1 aromatic carbocycles. The van der Waals surface area contributed by atoms with Crippen LogP contribution in [0.3, 0.4) is 0 Å². The summed E-state index contributed by atoms with van der Waals surface area (Å²) in [5, 5.41) is 11.8. The first-order valence-corrected chi connectivity index (χ1v) is 4.70. The van der Waals surface area contributed by atoms with Crippen LogP contribution in [-0.2, 0) is 0 Å². The number of hydrogen-bond acceptors (Lipinski definition) is 2. The minimum Gasteiger partial charge on any atom is -0.385 e. The maximum atomic E-state index is 8.55. The predicted octanol–water partition coefficient (Wildman–Crippen LogP) is 2.60. The summed E-state index contributed by atoms with van der Waals surface area (Å²) in [6.07, 6.45) is 0.946. The van der Waals surface area contributed by atoms with Gasteiger partial charge in [-0.2, -0.15) is 5.26 Å². The second-order valence-corrected chi connectivity index (χ2v) is 3.04. The molecule has 2 nitrogen and oxygen atoms in total. The molecule has 0 aliphatic heterocycles. The molecule has 1 N–H and O–H groups in total. The van der Waals surface area contributed by atoms with Crippen LogP contribution in [0, 0.1) is 11.3 Å². The van der Waals surface area contributed by atoms with Gasteiger partial charge in [0.25, 0.3) is 0 Å². The highest BCUT2D eigenvalue weighted by atomic mass is 35.5. The van der Waals surface area contributed by atoms with Gasteiger partial charge in [-0.25, -0.2) is 0 Å². The van der Waals surface area contributed by atoms with E-state index in [1.54, 1.807) is 12.1 Å². The van der Waals surface area contributed by atoms with Crippen molar-refractivity contribution in [3.05, 3.63) is 29.8 Å². The van der Waals surface area contributed by atoms with Crippen LogP contribution in [-0.4, -0.2) is 12.4 Å². The van der Waals surface area contributed by atoms with Crippen molar-refractivity contribution < 1.29 is 0 Å². The Morgan fingerprint density at radius 3 is 2.54 bits per heavy atom. The molecule has 0 aliphatic rings. The molecule has 3 heteroatoms. The first-order valence-electron chi connectivity index (χ1n) is 4.17. The molecule has 0 aliphatic carbocycles. The molecular weight excluding hydrogens is 184 g/mol. The van der Waals surface area contributed by atoms with E-state index < -0.39 is 0 Å². The fourth-order valence-corrected chi connectivity index (χ4v) is 1.10. The summed E-state index contributed by atoms with van der Waals surface area (Å²) in [5.74, 6) is 0.670. The first kappa shape index (κ1) is 9.88. The van der Waals surface area contributed by atoms with Crippen LogP contribution >= 0.6 is 11.6 Å². The number of hydrogen-bond donors (Lipinski definition) is 1. The molecular formula is C10H11ClN2. The molecule has 0 heterocycles. The van der Waals surface area contributed by atoms with Gasteiger partial charge in [0.1, 0.15) is 0 Å². The minimum atomic E-state index is 0.670. The molecule has 0 saturated carbocycles. The zero-order valence-electron chi connectivity index (χ0n) is 7.26. The molecule has 1 rings (SSSR count). The third-order valence-corrected chi connectivity index (χ3v) is 1.92. The topological polar surface area (TPSA) is 35.8 Å². The summed E-state index contributed by atoms with van der Waals surface area (Å²) in [4.78, 5) is 0. The van der Waals surface area contributed by atoms with E-state index in [1.807, 2.05) is 12.1 Å². The van der Waals surface area contributed by atoms with E-state index in [4.69, 9.17) is 16.9 Å². The maximum absolute atomic E-state index is 8.55. The molecule has 1 aromatic rings. The van der Waals surface area contributed by atoms with Gasteiger partial charge in [0, 0.05) is 18.1 Å². The fourth-order valence-electron chi connectivity index (χ4n) is 0.962. The van der Waals surface area contributed by atoms with Crippen molar-refractivity contribution >= 4 is 17.3 Å². The average Bonchev–Trinajstić information content (AvgIpc) is 2.19. The van der Waals surface area contributed by atoms with Gasteiger partial charge in [-0.3, -0.25) is 0 Å². The minimum absolute atomic E-state index is 0.670. The molecule has 0 bridgehead atoms. The third-order valence-electron chi connectivity index (χ3n) is 1.65. The van der Waals surface area contributed by atoms with E-state index in [0.29, 0.717) is 11.4 Å². The lowest BCUT2D eigenvalue weighted by atomic mass is 10.2. The summed E-state index contributed by atoms with van der Waals surface area (Å²) in [6.45, 7) is 0.870. The summed E-state index contributed by atoms with van der Waals surface area (Å²) >= 11 is 5.53. The van der Waals surface area contributed by atoms with Gasteiger partial charge >= 0.3 is 0 Å². The second-order valence-electron chi connectivity index (χ2n) is 2.66. The van der Waals surface area contributed by atoms with Gasteiger partial charge < -0.3 is 5.32 Å². The Balaban J connectivity index is 2.46. The van der Waals surface area contributed by atoms with E-state index in [-0.39, 0.29) is 0 Å². The monoisotopic (exact) mass is 194 g/mol. The third kappa shape index (κ3) is 3.35. The standard InChI is InChI=1S/C10H11ClN2/c11-6-1-7-13-10-4-2-9(8-12)3-5-10/h2-5,13H,1,6-7H2. The number of alkyl halides is 1. The van der Waals surface area contributed by atoms with Crippen LogP contribution in [0.4, 0.5) is 5.69 Å². The van der Waals surface area contributed by atoms with E-state index in [2.05, 4.69) is 11.4 Å². The Hall–Kier alpha value is -1.20. The van der Waals surface area contributed by atoms with E-state index in [9.17, 15) is 0 Å². The predicted molar refractivity (Wildman–Crippen MR) is 55.0 cm³/mol. The molecule has 0 unspecified atom stereocenters. The summed E-state index contributed by atoms with van der Waals surface area (Å²) in [7, 11) is 0. The zero-order valence-corrected chi connectivity index (χ0v) is 8.01. The quantitative estimate of drug-likeness (QED) is 0.591. The van der Waals surface area contributed by atoms with Crippen LogP contribution in [0.25, 0.3) is 0 Å². The lowest BCUT2D eigenvalue weighted by Crippen LogP contribution is -2.01. The van der Waals surface area contributed by atoms with Crippen LogP contribution in [0.5, 0.6) is 0 Å². The van der Waals surface area contributed by atoms with Gasteiger partial charge in [0.2, 0.25) is 0 Å². The van der Waals surface area contributed by atoms with Gasteiger partial charge in [-0.1, -0.05) is 0 Å². The summed E-state index contributed by atoms with van der Waals surface area (Å²) in [6, 6.07) is 9.45. The second kappa shape index (κ2) is 5.45. The Morgan fingerprint density at radius 1 is 1.31 bits per heavy atom. The highest BCUT2D eigenvalue weighted by Crippen LogP contribution is 2.08. The van der Waals surface area contributed by atoms with Crippen molar-refractivity contribution in [3.8, 4) is 6.07 Å². The van der Waals surface area contributed by atoms with Crippen molar-refractivity contribution in [1.82, 2.24) is 0 Å². The Morgan fingerprint density at radius 2 is 2.00 bits per heavy atom. The summed E-state index contributed by atoms with van der Waals surface area (Å²) in [5.41, 5.74) is 1.71. The number of nitrogens with one attached hydrogen (secondary N) is 1. The molecule has 0 atom stereocenters. The van der Waals surface area contributed by atoms with Crippen LogP contribution in [0.1, 0.15) is 12.0 Å². The molecule has 0 spiro atoms. The molecule has 0 fully saturated rings. The Kier molecular flexibility index (Phi) is 4.14. The fraction of sp³-hybridized carbons (Fsp3) is 0.300. The Bertz CT molecular complexity index is 287. The largest absolute Gasteiger partial charge is 0.385 e. The molecule has 0 saturated heterocycles. The molecule has 0 amide bonds. The molecule has 13 heavy (non-hydrogen) atoms.